The number of rotatable bonds is 4. The number of methoxy groups -OCH3 is 1. The first-order valence-corrected chi connectivity index (χ1v) is 10.6. The number of carbonyl (C=O) groups excluding carboxylic acids is 1. The molecule has 4 rings (SSSR count). The number of anilines is 1. The lowest BCUT2D eigenvalue weighted by molar-refractivity contribution is -0.135. The van der Waals surface area contributed by atoms with Crippen molar-refractivity contribution in [2.75, 3.05) is 18.4 Å². The first kappa shape index (κ1) is 19.7. The molecule has 11 heteroatoms. The SMILES string of the molecule is COc1ccc(Cl)cc1S(=O)(=O)Nc1cnc2c(c1)CN1C(=O)[C@@H](O)C[C@H]1CO2. The topological polar surface area (TPSA) is 118 Å². The van der Waals surface area contributed by atoms with E-state index in [4.69, 9.17) is 21.1 Å². The molecule has 0 radical (unpaired) electrons. The quantitative estimate of drug-likeness (QED) is 0.739. The monoisotopic (exact) mass is 439 g/mol. The third-order valence-electron chi connectivity index (χ3n) is 4.85. The average Bonchev–Trinajstić information content (AvgIpc) is 2.85. The maximum atomic E-state index is 12.8. The highest BCUT2D eigenvalue weighted by atomic mass is 35.5. The summed E-state index contributed by atoms with van der Waals surface area (Å²) < 4.78 is 38.9. The van der Waals surface area contributed by atoms with Gasteiger partial charge in [0, 0.05) is 17.0 Å². The Morgan fingerprint density at radius 1 is 1.38 bits per heavy atom. The van der Waals surface area contributed by atoms with Crippen LogP contribution in [-0.4, -0.2) is 55.2 Å². The zero-order chi connectivity index (χ0) is 20.8. The Labute approximate surface area is 172 Å². The Hall–Kier alpha value is -2.56. The molecule has 2 aliphatic heterocycles. The Balaban J connectivity index is 1.63. The minimum Gasteiger partial charge on any atom is -0.495 e. The molecule has 2 aliphatic rings. The number of benzene rings is 1. The highest BCUT2D eigenvalue weighted by molar-refractivity contribution is 7.92. The van der Waals surface area contributed by atoms with E-state index in [1.165, 1.54) is 36.4 Å². The summed E-state index contributed by atoms with van der Waals surface area (Å²) in [7, 11) is -2.65. The van der Waals surface area contributed by atoms with Gasteiger partial charge in [0.25, 0.3) is 15.9 Å². The van der Waals surface area contributed by atoms with Crippen LogP contribution < -0.4 is 14.2 Å². The van der Waals surface area contributed by atoms with E-state index >= 15 is 0 Å². The molecule has 0 unspecified atom stereocenters. The smallest absolute Gasteiger partial charge is 0.265 e. The van der Waals surface area contributed by atoms with E-state index in [9.17, 15) is 18.3 Å². The summed E-state index contributed by atoms with van der Waals surface area (Å²) in [4.78, 5) is 17.8. The van der Waals surface area contributed by atoms with Gasteiger partial charge in [-0.2, -0.15) is 0 Å². The number of pyridine rings is 1. The Morgan fingerprint density at radius 2 is 2.17 bits per heavy atom. The number of aliphatic hydroxyl groups is 1. The van der Waals surface area contributed by atoms with E-state index in [-0.39, 0.29) is 46.5 Å². The normalized spacial score (nSPS) is 21.1. The van der Waals surface area contributed by atoms with Crippen LogP contribution in [0.3, 0.4) is 0 Å². The number of ether oxygens (including phenoxy) is 2. The molecule has 29 heavy (non-hydrogen) atoms. The molecular formula is C18H18ClN3O6S. The zero-order valence-corrected chi connectivity index (χ0v) is 16.9. The van der Waals surface area contributed by atoms with Gasteiger partial charge in [0.1, 0.15) is 23.4 Å². The molecule has 1 amide bonds. The Morgan fingerprint density at radius 3 is 2.93 bits per heavy atom. The highest BCUT2D eigenvalue weighted by Crippen LogP contribution is 2.32. The van der Waals surface area contributed by atoms with Crippen molar-refractivity contribution in [2.24, 2.45) is 0 Å². The van der Waals surface area contributed by atoms with Crippen LogP contribution in [0.2, 0.25) is 5.02 Å². The summed E-state index contributed by atoms with van der Waals surface area (Å²) in [5, 5.41) is 10.0. The molecular weight excluding hydrogens is 422 g/mol. The first-order valence-electron chi connectivity index (χ1n) is 8.75. The molecule has 2 aromatic rings. The fourth-order valence-electron chi connectivity index (χ4n) is 3.45. The van der Waals surface area contributed by atoms with Gasteiger partial charge in [-0.3, -0.25) is 9.52 Å². The number of halogens is 1. The van der Waals surface area contributed by atoms with Crippen molar-refractivity contribution >= 4 is 33.2 Å². The third-order valence-corrected chi connectivity index (χ3v) is 6.49. The van der Waals surface area contributed by atoms with Gasteiger partial charge in [0.05, 0.1) is 31.6 Å². The second-order valence-corrected chi connectivity index (χ2v) is 8.86. The Kier molecular flexibility index (Phi) is 5.01. The molecule has 0 aliphatic carbocycles. The fraction of sp³-hybridized carbons (Fsp3) is 0.333. The van der Waals surface area contributed by atoms with Crippen LogP contribution in [0.15, 0.2) is 35.4 Å². The minimum absolute atomic E-state index is 0.114. The lowest BCUT2D eigenvalue weighted by Crippen LogP contribution is -2.35. The number of hydrogen-bond acceptors (Lipinski definition) is 7. The van der Waals surface area contributed by atoms with Crippen LogP contribution >= 0.6 is 11.6 Å². The lowest BCUT2D eigenvalue weighted by Gasteiger charge is -2.20. The molecule has 1 fully saturated rings. The fourth-order valence-corrected chi connectivity index (χ4v) is 4.92. The maximum absolute atomic E-state index is 12.8. The molecule has 3 heterocycles. The summed E-state index contributed by atoms with van der Waals surface area (Å²) in [6, 6.07) is 5.58. The van der Waals surface area contributed by atoms with Crippen molar-refractivity contribution in [1.29, 1.82) is 0 Å². The van der Waals surface area contributed by atoms with E-state index in [0.717, 1.165) is 0 Å². The second-order valence-electron chi connectivity index (χ2n) is 6.77. The van der Waals surface area contributed by atoms with Crippen LogP contribution in [0.4, 0.5) is 5.69 Å². The van der Waals surface area contributed by atoms with Gasteiger partial charge in [0.15, 0.2) is 0 Å². The van der Waals surface area contributed by atoms with E-state index in [1.54, 1.807) is 6.07 Å². The molecule has 0 bridgehead atoms. The number of carbonyl (C=O) groups is 1. The minimum atomic E-state index is -4.01. The van der Waals surface area contributed by atoms with Crippen molar-refractivity contribution < 1.29 is 27.8 Å². The number of hydrogen-bond donors (Lipinski definition) is 2. The number of aromatic nitrogens is 1. The number of sulfonamides is 1. The predicted molar refractivity (Wildman–Crippen MR) is 104 cm³/mol. The molecule has 9 nitrogen and oxygen atoms in total. The average molecular weight is 440 g/mol. The highest BCUT2D eigenvalue weighted by Gasteiger charge is 2.40. The lowest BCUT2D eigenvalue weighted by atomic mass is 10.2. The molecule has 0 saturated carbocycles. The van der Waals surface area contributed by atoms with Crippen molar-refractivity contribution in [2.45, 2.75) is 30.0 Å². The summed E-state index contributed by atoms with van der Waals surface area (Å²) >= 11 is 5.94. The molecule has 1 aromatic heterocycles. The third kappa shape index (κ3) is 3.70. The van der Waals surface area contributed by atoms with Gasteiger partial charge in [-0.05, 0) is 24.3 Å². The largest absolute Gasteiger partial charge is 0.495 e. The maximum Gasteiger partial charge on any atom is 0.265 e. The van der Waals surface area contributed by atoms with E-state index in [1.807, 2.05) is 0 Å². The standard InChI is InChI=1S/C18H18ClN3O6S/c1-27-15-3-2-11(19)5-16(15)29(25,26)21-12-4-10-8-22-13(6-14(23)18(22)24)9-28-17(10)20-7-12/h2-5,7,13-14,21,23H,6,8-9H2,1H3/t13-,14-/m0/s1. The van der Waals surface area contributed by atoms with Crippen molar-refractivity contribution in [3.63, 3.8) is 0 Å². The number of amides is 1. The zero-order valence-electron chi connectivity index (χ0n) is 15.3. The number of aliphatic hydroxyl groups excluding tert-OH is 1. The molecule has 1 saturated heterocycles. The molecule has 0 spiro atoms. The second kappa shape index (κ2) is 7.36. The summed E-state index contributed by atoms with van der Waals surface area (Å²) in [6.07, 6.45) is 0.580. The van der Waals surface area contributed by atoms with Crippen molar-refractivity contribution in [1.82, 2.24) is 9.88 Å². The van der Waals surface area contributed by atoms with Gasteiger partial charge >= 0.3 is 0 Å². The van der Waals surface area contributed by atoms with E-state index < -0.39 is 16.1 Å². The molecule has 2 atom stereocenters. The predicted octanol–water partition coefficient (Wildman–Crippen LogP) is 1.40. The van der Waals surface area contributed by atoms with Gasteiger partial charge in [-0.15, -0.1) is 0 Å². The molecule has 154 valence electrons. The number of nitrogens with zero attached hydrogens (tertiary/aromatic N) is 2. The van der Waals surface area contributed by atoms with Crippen LogP contribution in [-0.2, 0) is 21.4 Å². The van der Waals surface area contributed by atoms with Crippen molar-refractivity contribution in [3.05, 3.63) is 41.0 Å². The van der Waals surface area contributed by atoms with Gasteiger partial charge in [-0.25, -0.2) is 13.4 Å². The van der Waals surface area contributed by atoms with Crippen LogP contribution in [0, 0.1) is 0 Å². The summed E-state index contributed by atoms with van der Waals surface area (Å²) in [6.45, 7) is 0.381. The summed E-state index contributed by atoms with van der Waals surface area (Å²) in [5.41, 5.74) is 0.730. The molecule has 2 N–H and O–H groups in total. The van der Waals surface area contributed by atoms with Crippen LogP contribution in [0.1, 0.15) is 12.0 Å². The number of fused-ring (bicyclic) bond motifs is 2. The van der Waals surface area contributed by atoms with Crippen LogP contribution in [0.5, 0.6) is 11.6 Å². The Bertz CT molecular complexity index is 1080. The van der Waals surface area contributed by atoms with E-state index in [0.29, 0.717) is 17.9 Å². The van der Waals surface area contributed by atoms with Gasteiger partial charge < -0.3 is 19.5 Å². The molecule has 1 aromatic carbocycles. The van der Waals surface area contributed by atoms with Gasteiger partial charge in [-0.1, -0.05) is 11.6 Å². The summed E-state index contributed by atoms with van der Waals surface area (Å²) in [5.74, 6) is 0.0958. The van der Waals surface area contributed by atoms with Gasteiger partial charge in [0.2, 0.25) is 5.88 Å². The van der Waals surface area contributed by atoms with E-state index in [2.05, 4.69) is 9.71 Å². The van der Waals surface area contributed by atoms with Crippen molar-refractivity contribution in [3.8, 4) is 11.6 Å². The first-order chi connectivity index (χ1) is 13.8. The number of nitrogens with one attached hydrogen (secondary N) is 1. The van der Waals surface area contributed by atoms with Crippen LogP contribution in [0.25, 0.3) is 0 Å².